The van der Waals surface area contributed by atoms with Gasteiger partial charge in [0.25, 0.3) is 0 Å². The maximum Gasteiger partial charge on any atom is 0.238 e. The number of nitrogens with one attached hydrogen (secondary N) is 1. The van der Waals surface area contributed by atoms with Crippen LogP contribution in [0.4, 0.5) is 5.69 Å². The third kappa shape index (κ3) is 3.21. The fourth-order valence-electron chi connectivity index (χ4n) is 1.38. The van der Waals surface area contributed by atoms with Gasteiger partial charge in [0, 0.05) is 11.7 Å². The third-order valence-electron chi connectivity index (χ3n) is 2.52. The molecule has 16 heavy (non-hydrogen) atoms. The van der Waals surface area contributed by atoms with Gasteiger partial charge in [-0.2, -0.15) is 0 Å². The van der Waals surface area contributed by atoms with Crippen molar-refractivity contribution in [2.45, 2.75) is 38.1 Å². The number of nitrogens with two attached hydrogens (primary N) is 1. The summed E-state index contributed by atoms with van der Waals surface area (Å²) in [4.78, 5) is 0.181. The van der Waals surface area contributed by atoms with Crippen LogP contribution in [0.15, 0.2) is 23.1 Å². The topological polar surface area (TPSA) is 72.2 Å². The molecule has 1 atom stereocenters. The molecule has 0 bridgehead atoms. The fraction of sp³-hybridized carbons (Fsp3) is 0.455. The molecule has 0 saturated carbocycles. The predicted octanol–water partition coefficient (Wildman–Crippen LogP) is 1.85. The first-order chi connectivity index (χ1) is 7.34. The van der Waals surface area contributed by atoms with E-state index >= 15 is 0 Å². The standard InChI is InChI=1S/C11H18N2O2S/c1-4-9(3)13-10-6-5-8(2)11(7-10)16(12,14)15/h5-7,9,13H,4H2,1-3H3,(H2,12,14,15). The van der Waals surface area contributed by atoms with Gasteiger partial charge in [-0.25, -0.2) is 13.6 Å². The van der Waals surface area contributed by atoms with Gasteiger partial charge in [0.15, 0.2) is 0 Å². The zero-order valence-corrected chi connectivity index (χ0v) is 10.6. The van der Waals surface area contributed by atoms with Crippen LogP contribution in [0.5, 0.6) is 0 Å². The Hall–Kier alpha value is -1.07. The van der Waals surface area contributed by atoms with Crippen molar-refractivity contribution in [1.82, 2.24) is 0 Å². The molecule has 4 nitrogen and oxygen atoms in total. The number of hydrogen-bond donors (Lipinski definition) is 2. The summed E-state index contributed by atoms with van der Waals surface area (Å²) >= 11 is 0. The van der Waals surface area contributed by atoms with Crippen LogP contribution in [-0.4, -0.2) is 14.5 Å². The van der Waals surface area contributed by atoms with E-state index in [0.29, 0.717) is 11.6 Å². The van der Waals surface area contributed by atoms with Crippen molar-refractivity contribution in [3.8, 4) is 0 Å². The van der Waals surface area contributed by atoms with E-state index in [-0.39, 0.29) is 4.90 Å². The second-order valence-electron chi connectivity index (χ2n) is 3.98. The molecule has 0 aliphatic rings. The Balaban J connectivity index is 3.08. The number of sulfonamides is 1. The van der Waals surface area contributed by atoms with E-state index in [2.05, 4.69) is 12.2 Å². The highest BCUT2D eigenvalue weighted by molar-refractivity contribution is 7.89. The van der Waals surface area contributed by atoms with E-state index < -0.39 is 10.0 Å². The third-order valence-corrected chi connectivity index (χ3v) is 3.57. The van der Waals surface area contributed by atoms with Gasteiger partial charge in [-0.05, 0) is 38.0 Å². The van der Waals surface area contributed by atoms with Gasteiger partial charge < -0.3 is 5.32 Å². The van der Waals surface area contributed by atoms with Gasteiger partial charge >= 0.3 is 0 Å². The van der Waals surface area contributed by atoms with E-state index in [4.69, 9.17) is 5.14 Å². The SMILES string of the molecule is CCC(C)Nc1ccc(C)c(S(N)(=O)=O)c1. The molecule has 90 valence electrons. The van der Waals surface area contributed by atoms with E-state index in [0.717, 1.165) is 12.1 Å². The molecule has 0 spiro atoms. The highest BCUT2D eigenvalue weighted by Gasteiger charge is 2.12. The van der Waals surface area contributed by atoms with Crippen LogP contribution in [-0.2, 0) is 10.0 Å². The highest BCUT2D eigenvalue weighted by atomic mass is 32.2. The van der Waals surface area contributed by atoms with Crippen LogP contribution >= 0.6 is 0 Å². The number of anilines is 1. The first-order valence-corrected chi connectivity index (χ1v) is 6.79. The molecule has 1 aromatic carbocycles. The van der Waals surface area contributed by atoms with Crippen molar-refractivity contribution < 1.29 is 8.42 Å². The molecule has 0 aliphatic carbocycles. The molecule has 1 aromatic rings. The minimum absolute atomic E-state index is 0.181. The molecule has 5 heteroatoms. The van der Waals surface area contributed by atoms with Crippen molar-refractivity contribution in [2.24, 2.45) is 5.14 Å². The molecule has 1 rings (SSSR count). The van der Waals surface area contributed by atoms with E-state index in [1.54, 1.807) is 19.1 Å². The second-order valence-corrected chi connectivity index (χ2v) is 5.51. The summed E-state index contributed by atoms with van der Waals surface area (Å²) in [6.07, 6.45) is 0.971. The minimum Gasteiger partial charge on any atom is -0.383 e. The van der Waals surface area contributed by atoms with Gasteiger partial charge in [-0.15, -0.1) is 0 Å². The smallest absolute Gasteiger partial charge is 0.238 e. The van der Waals surface area contributed by atoms with Gasteiger partial charge in [-0.3, -0.25) is 0 Å². The maximum atomic E-state index is 11.3. The number of primary sulfonamides is 1. The predicted molar refractivity (Wildman–Crippen MR) is 65.9 cm³/mol. The molecule has 0 aromatic heterocycles. The summed E-state index contributed by atoms with van der Waals surface area (Å²) in [5, 5.41) is 8.35. The van der Waals surface area contributed by atoms with Gasteiger partial charge in [0.1, 0.15) is 0 Å². The van der Waals surface area contributed by atoms with Crippen molar-refractivity contribution in [2.75, 3.05) is 5.32 Å². The van der Waals surface area contributed by atoms with Crippen LogP contribution in [0.25, 0.3) is 0 Å². The first-order valence-electron chi connectivity index (χ1n) is 5.24. The Morgan fingerprint density at radius 1 is 1.44 bits per heavy atom. The summed E-state index contributed by atoms with van der Waals surface area (Å²) in [6, 6.07) is 5.49. The molecule has 0 aliphatic heterocycles. The normalized spacial score (nSPS) is 13.5. The summed E-state index contributed by atoms with van der Waals surface area (Å²) in [7, 11) is -3.64. The Morgan fingerprint density at radius 2 is 2.06 bits per heavy atom. The highest BCUT2D eigenvalue weighted by Crippen LogP contribution is 2.19. The van der Waals surface area contributed by atoms with Gasteiger partial charge in [0.2, 0.25) is 10.0 Å². The fourth-order valence-corrected chi connectivity index (χ4v) is 2.19. The molecular weight excluding hydrogens is 224 g/mol. The lowest BCUT2D eigenvalue weighted by atomic mass is 10.2. The molecule has 1 unspecified atom stereocenters. The van der Waals surface area contributed by atoms with E-state index in [1.165, 1.54) is 0 Å². The van der Waals surface area contributed by atoms with Gasteiger partial charge in [0.05, 0.1) is 4.90 Å². The average Bonchev–Trinajstić information content (AvgIpc) is 2.19. The molecule has 0 saturated heterocycles. The zero-order valence-electron chi connectivity index (χ0n) is 9.82. The number of rotatable bonds is 4. The Kier molecular flexibility index (Phi) is 3.93. The summed E-state index contributed by atoms with van der Waals surface area (Å²) in [5.41, 5.74) is 1.45. The van der Waals surface area contributed by atoms with E-state index in [9.17, 15) is 8.42 Å². The van der Waals surface area contributed by atoms with Crippen LogP contribution < -0.4 is 10.5 Å². The van der Waals surface area contributed by atoms with Crippen molar-refractivity contribution in [3.05, 3.63) is 23.8 Å². The lowest BCUT2D eigenvalue weighted by Gasteiger charge is -2.14. The first kappa shape index (κ1) is 13.0. The van der Waals surface area contributed by atoms with E-state index in [1.807, 2.05) is 13.0 Å². The Morgan fingerprint density at radius 3 is 2.56 bits per heavy atom. The number of hydrogen-bond acceptors (Lipinski definition) is 3. The lowest BCUT2D eigenvalue weighted by Crippen LogP contribution is -2.16. The second kappa shape index (κ2) is 4.84. The number of benzene rings is 1. The summed E-state index contributed by atoms with van der Waals surface area (Å²) in [6.45, 7) is 5.83. The van der Waals surface area contributed by atoms with Crippen LogP contribution in [0.3, 0.4) is 0 Å². The summed E-state index contributed by atoms with van der Waals surface area (Å²) < 4.78 is 22.6. The Labute approximate surface area is 96.9 Å². The molecule has 0 fully saturated rings. The van der Waals surface area contributed by atoms with Crippen LogP contribution in [0.2, 0.25) is 0 Å². The molecule has 3 N–H and O–H groups in total. The molecule has 0 amide bonds. The van der Waals surface area contributed by atoms with Crippen LogP contribution in [0, 0.1) is 6.92 Å². The van der Waals surface area contributed by atoms with Crippen molar-refractivity contribution >= 4 is 15.7 Å². The maximum absolute atomic E-state index is 11.3. The quantitative estimate of drug-likeness (QED) is 0.846. The number of aryl methyl sites for hydroxylation is 1. The Bertz CT molecular complexity index is 469. The van der Waals surface area contributed by atoms with Gasteiger partial charge in [-0.1, -0.05) is 13.0 Å². The molecular formula is C11H18N2O2S. The van der Waals surface area contributed by atoms with Crippen molar-refractivity contribution in [1.29, 1.82) is 0 Å². The minimum atomic E-state index is -3.64. The summed E-state index contributed by atoms with van der Waals surface area (Å²) in [5.74, 6) is 0. The van der Waals surface area contributed by atoms with Crippen LogP contribution in [0.1, 0.15) is 25.8 Å². The monoisotopic (exact) mass is 242 g/mol. The lowest BCUT2D eigenvalue weighted by molar-refractivity contribution is 0.597. The molecule has 0 heterocycles. The molecule has 0 radical (unpaired) electrons. The van der Waals surface area contributed by atoms with Crippen molar-refractivity contribution in [3.63, 3.8) is 0 Å². The zero-order chi connectivity index (χ0) is 12.3. The average molecular weight is 242 g/mol. The largest absolute Gasteiger partial charge is 0.383 e.